The van der Waals surface area contributed by atoms with Crippen LogP contribution in [0.4, 0.5) is 0 Å². The van der Waals surface area contributed by atoms with Crippen molar-refractivity contribution in [3.8, 4) is 0 Å². The average molecular weight is 355 g/mol. The van der Waals surface area contributed by atoms with E-state index in [1.807, 2.05) is 13.2 Å². The van der Waals surface area contributed by atoms with E-state index in [1.54, 1.807) is 11.8 Å². The highest BCUT2D eigenvalue weighted by Gasteiger charge is 2.10. The summed E-state index contributed by atoms with van der Waals surface area (Å²) >= 11 is 4.43. The van der Waals surface area contributed by atoms with Crippen molar-refractivity contribution in [2.24, 2.45) is 0 Å². The summed E-state index contributed by atoms with van der Waals surface area (Å²) < 4.78 is 6.83. The Hall–Kier alpha value is -1.39. The SMILES string of the molecule is CCc1nn2c(=O)cc(CSc3nnc(CSC)o3)nc2s1. The number of aromatic nitrogens is 5. The van der Waals surface area contributed by atoms with Gasteiger partial charge in [0.05, 0.1) is 11.4 Å². The first-order valence-corrected chi connectivity index (χ1v) is 9.72. The van der Waals surface area contributed by atoms with Crippen LogP contribution in [0.15, 0.2) is 20.5 Å². The molecule has 0 aliphatic carbocycles. The van der Waals surface area contributed by atoms with Crippen LogP contribution in [0.2, 0.25) is 0 Å². The second-order valence-electron chi connectivity index (χ2n) is 4.31. The van der Waals surface area contributed by atoms with Gasteiger partial charge in [-0.3, -0.25) is 4.79 Å². The van der Waals surface area contributed by atoms with Gasteiger partial charge in [-0.05, 0) is 12.7 Å². The molecule has 0 fully saturated rings. The normalized spacial score (nSPS) is 11.4. The molecular weight excluding hydrogens is 342 g/mol. The highest BCUT2D eigenvalue weighted by atomic mass is 32.2. The summed E-state index contributed by atoms with van der Waals surface area (Å²) in [6.07, 6.45) is 2.76. The molecule has 0 aliphatic rings. The van der Waals surface area contributed by atoms with E-state index in [0.717, 1.165) is 11.4 Å². The first-order chi connectivity index (χ1) is 10.7. The van der Waals surface area contributed by atoms with Crippen LogP contribution < -0.4 is 5.56 Å². The molecule has 3 aromatic rings. The summed E-state index contributed by atoms with van der Waals surface area (Å²) in [7, 11) is 0. The van der Waals surface area contributed by atoms with Gasteiger partial charge in [-0.1, -0.05) is 30.0 Å². The average Bonchev–Trinajstić information content (AvgIpc) is 3.12. The van der Waals surface area contributed by atoms with Crippen LogP contribution in [0.3, 0.4) is 0 Å². The zero-order chi connectivity index (χ0) is 15.5. The first-order valence-electron chi connectivity index (χ1n) is 6.52. The van der Waals surface area contributed by atoms with Gasteiger partial charge in [0, 0.05) is 11.8 Å². The topological polar surface area (TPSA) is 86.2 Å². The molecule has 3 aromatic heterocycles. The van der Waals surface area contributed by atoms with E-state index in [1.165, 1.54) is 33.7 Å². The van der Waals surface area contributed by atoms with Gasteiger partial charge in [-0.15, -0.1) is 10.2 Å². The van der Waals surface area contributed by atoms with E-state index >= 15 is 0 Å². The molecule has 116 valence electrons. The van der Waals surface area contributed by atoms with Crippen molar-refractivity contribution in [1.82, 2.24) is 24.8 Å². The van der Waals surface area contributed by atoms with Crippen molar-refractivity contribution in [2.75, 3.05) is 6.26 Å². The molecule has 0 unspecified atom stereocenters. The lowest BCUT2D eigenvalue weighted by atomic mass is 10.4. The molecule has 0 saturated heterocycles. The van der Waals surface area contributed by atoms with E-state index in [2.05, 4.69) is 20.3 Å². The minimum absolute atomic E-state index is 0.162. The van der Waals surface area contributed by atoms with Crippen LogP contribution in [0, 0.1) is 0 Å². The standard InChI is InChI=1S/C12H13N5O2S3/c1-3-9-16-17-10(18)4-7(13-11(17)22-9)5-21-12-15-14-8(19-12)6-20-2/h4H,3,5-6H2,1-2H3. The highest BCUT2D eigenvalue weighted by molar-refractivity contribution is 7.98. The van der Waals surface area contributed by atoms with E-state index in [-0.39, 0.29) is 5.56 Å². The number of thioether (sulfide) groups is 2. The van der Waals surface area contributed by atoms with Crippen molar-refractivity contribution in [1.29, 1.82) is 0 Å². The van der Waals surface area contributed by atoms with Crippen molar-refractivity contribution >= 4 is 39.8 Å². The summed E-state index contributed by atoms with van der Waals surface area (Å²) in [6.45, 7) is 2.00. The van der Waals surface area contributed by atoms with Gasteiger partial charge in [-0.2, -0.15) is 21.4 Å². The second kappa shape index (κ2) is 6.80. The number of rotatable bonds is 6. The quantitative estimate of drug-likeness (QED) is 0.622. The maximum atomic E-state index is 12.0. The van der Waals surface area contributed by atoms with Crippen LogP contribution in [0.1, 0.15) is 23.5 Å². The zero-order valence-electron chi connectivity index (χ0n) is 12.0. The van der Waals surface area contributed by atoms with Crippen molar-refractivity contribution in [2.45, 2.75) is 30.1 Å². The summed E-state index contributed by atoms with van der Waals surface area (Å²) in [4.78, 5) is 17.1. The fourth-order valence-corrected chi connectivity index (χ4v) is 3.62. The number of hydrogen-bond acceptors (Lipinski definition) is 9. The fraction of sp³-hybridized carbons (Fsp3) is 0.417. The molecule has 10 heteroatoms. The highest BCUT2D eigenvalue weighted by Crippen LogP contribution is 2.22. The third-order valence-electron chi connectivity index (χ3n) is 2.70. The molecule has 0 radical (unpaired) electrons. The van der Waals surface area contributed by atoms with Gasteiger partial charge < -0.3 is 4.42 Å². The molecule has 0 N–H and O–H groups in total. The van der Waals surface area contributed by atoms with E-state index in [9.17, 15) is 4.79 Å². The van der Waals surface area contributed by atoms with E-state index < -0.39 is 0 Å². The van der Waals surface area contributed by atoms with Gasteiger partial charge in [-0.25, -0.2) is 4.98 Å². The van der Waals surface area contributed by atoms with Crippen molar-refractivity contribution in [3.63, 3.8) is 0 Å². The Labute approximate surface area is 138 Å². The van der Waals surface area contributed by atoms with Gasteiger partial charge in [0.2, 0.25) is 10.9 Å². The minimum Gasteiger partial charge on any atom is -0.415 e. The lowest BCUT2D eigenvalue weighted by Crippen LogP contribution is -2.15. The number of aryl methyl sites for hydroxylation is 1. The van der Waals surface area contributed by atoms with Crippen LogP contribution in [-0.4, -0.2) is 31.1 Å². The Kier molecular flexibility index (Phi) is 4.79. The zero-order valence-corrected chi connectivity index (χ0v) is 14.4. The lowest BCUT2D eigenvalue weighted by molar-refractivity contribution is 0.426. The second-order valence-corrected chi connectivity index (χ2v) is 7.15. The van der Waals surface area contributed by atoms with Crippen molar-refractivity contribution in [3.05, 3.63) is 33.0 Å². The maximum Gasteiger partial charge on any atom is 0.276 e. The lowest BCUT2D eigenvalue weighted by Gasteiger charge is -1.97. The predicted octanol–water partition coefficient (Wildman–Crippen LogP) is 2.25. The monoisotopic (exact) mass is 355 g/mol. The van der Waals surface area contributed by atoms with Crippen LogP contribution >= 0.6 is 34.9 Å². The summed E-state index contributed by atoms with van der Waals surface area (Å²) in [5.41, 5.74) is 0.524. The van der Waals surface area contributed by atoms with Gasteiger partial charge in [0.15, 0.2) is 0 Å². The van der Waals surface area contributed by atoms with Crippen LogP contribution in [-0.2, 0) is 17.9 Å². The van der Waals surface area contributed by atoms with Crippen LogP contribution in [0.5, 0.6) is 0 Å². The summed E-state index contributed by atoms with van der Waals surface area (Å²) in [5.74, 6) is 1.81. The predicted molar refractivity (Wildman–Crippen MR) is 87.6 cm³/mol. The van der Waals surface area contributed by atoms with Crippen molar-refractivity contribution < 1.29 is 4.42 Å². The number of nitrogens with zero attached hydrogens (tertiary/aromatic N) is 5. The Morgan fingerprint density at radius 3 is 3.00 bits per heavy atom. The summed E-state index contributed by atoms with van der Waals surface area (Å²) in [5, 5.41) is 13.5. The Morgan fingerprint density at radius 2 is 2.23 bits per heavy atom. The van der Waals surface area contributed by atoms with Gasteiger partial charge in [0.25, 0.3) is 10.8 Å². The van der Waals surface area contributed by atoms with Gasteiger partial charge in [0.1, 0.15) is 5.01 Å². The molecule has 0 bridgehead atoms. The molecule has 0 spiro atoms. The molecule has 0 atom stereocenters. The molecule has 0 aliphatic heterocycles. The Bertz CT molecular complexity index is 841. The molecule has 0 aromatic carbocycles. The van der Waals surface area contributed by atoms with Crippen LogP contribution in [0.25, 0.3) is 4.96 Å². The third kappa shape index (κ3) is 3.33. The number of hydrogen-bond donors (Lipinski definition) is 0. The Balaban J connectivity index is 1.77. The number of fused-ring (bicyclic) bond motifs is 1. The molecule has 22 heavy (non-hydrogen) atoms. The molecule has 3 heterocycles. The molecule has 7 nitrogen and oxygen atoms in total. The van der Waals surface area contributed by atoms with E-state index in [0.29, 0.717) is 33.3 Å². The smallest absolute Gasteiger partial charge is 0.276 e. The summed E-state index contributed by atoms with van der Waals surface area (Å²) in [6, 6.07) is 1.50. The first kappa shape index (κ1) is 15.5. The van der Waals surface area contributed by atoms with Gasteiger partial charge >= 0.3 is 0 Å². The minimum atomic E-state index is -0.162. The molecule has 0 saturated carbocycles. The molecule has 3 rings (SSSR count). The fourth-order valence-electron chi connectivity index (χ4n) is 1.73. The Morgan fingerprint density at radius 1 is 1.36 bits per heavy atom. The maximum absolute atomic E-state index is 12.0. The molecular formula is C12H13N5O2S3. The largest absolute Gasteiger partial charge is 0.415 e. The third-order valence-corrected chi connectivity index (χ3v) is 5.14. The van der Waals surface area contributed by atoms with E-state index in [4.69, 9.17) is 4.42 Å². The molecule has 0 amide bonds.